The number of anilines is 2. The number of benzene rings is 2. The molecule has 1 aliphatic heterocycles. The molecule has 1 unspecified atom stereocenters. The van der Waals surface area contributed by atoms with E-state index in [4.69, 9.17) is 5.73 Å². The summed E-state index contributed by atoms with van der Waals surface area (Å²) in [6.07, 6.45) is 3.76. The van der Waals surface area contributed by atoms with Crippen LogP contribution in [0.5, 0.6) is 0 Å². The Morgan fingerprint density at radius 3 is 2.30 bits per heavy atom. The van der Waals surface area contributed by atoms with E-state index in [2.05, 4.69) is 44.9 Å². The van der Waals surface area contributed by atoms with Gasteiger partial charge in [0.25, 0.3) is 5.56 Å². The van der Waals surface area contributed by atoms with Crippen molar-refractivity contribution in [3.05, 3.63) is 117 Å². The Bertz CT molecular complexity index is 1520. The Balaban J connectivity index is 0.00000185. The predicted molar refractivity (Wildman–Crippen MR) is 161 cm³/mol. The first kappa shape index (κ1) is 29.1. The van der Waals surface area contributed by atoms with Gasteiger partial charge in [0.2, 0.25) is 5.91 Å². The van der Waals surface area contributed by atoms with E-state index in [1.807, 2.05) is 49.4 Å². The summed E-state index contributed by atoms with van der Waals surface area (Å²) >= 11 is 0. The number of hydrogen-bond donors (Lipinski definition) is 3. The standard InChI is InChI=1S/C30H30N6O2.2ClH/c1-19-20(12-15-26(31)34-19)17-33-28(37)24-14-13-23-18-32-27(29(38)36(23)24)35-25-16-30(25,21-8-4-2-5-9-21)22-10-6-3-7-11-22;;/h2-12,15,18,24-25H,13-14,16-17H2,1H3,(H2,31,34)(H,32,35)(H,33,37);2*1H/t24-,25?;;/m0../s1. The number of amides is 1. The summed E-state index contributed by atoms with van der Waals surface area (Å²) in [5, 5.41) is 6.41. The number of hydrogen-bond acceptors (Lipinski definition) is 6. The molecule has 2 aliphatic rings. The predicted octanol–water partition coefficient (Wildman–Crippen LogP) is 4.35. The first-order chi connectivity index (χ1) is 18.5. The highest BCUT2D eigenvalue weighted by atomic mass is 35.5. The van der Waals surface area contributed by atoms with Gasteiger partial charge >= 0.3 is 0 Å². The molecule has 0 spiro atoms. The zero-order valence-electron chi connectivity index (χ0n) is 22.0. The number of nitrogens with zero attached hydrogens (tertiary/aromatic N) is 3. The monoisotopic (exact) mass is 578 g/mol. The Kier molecular flexibility index (Phi) is 8.51. The number of rotatable bonds is 7. The molecule has 1 amide bonds. The molecule has 1 saturated carbocycles. The van der Waals surface area contributed by atoms with E-state index in [0.717, 1.165) is 23.4 Å². The Hall–Kier alpha value is -3.88. The van der Waals surface area contributed by atoms with Crippen molar-refractivity contribution < 1.29 is 4.79 Å². The minimum absolute atomic E-state index is 0. The van der Waals surface area contributed by atoms with Crippen LogP contribution in [-0.4, -0.2) is 26.5 Å². The van der Waals surface area contributed by atoms with Crippen molar-refractivity contribution in [2.24, 2.45) is 0 Å². The van der Waals surface area contributed by atoms with Crippen molar-refractivity contribution in [3.8, 4) is 0 Å². The van der Waals surface area contributed by atoms with Gasteiger partial charge in [-0.15, -0.1) is 24.8 Å². The van der Waals surface area contributed by atoms with Gasteiger partial charge in [0.1, 0.15) is 11.9 Å². The molecule has 2 aromatic heterocycles. The largest absolute Gasteiger partial charge is 0.384 e. The lowest BCUT2D eigenvalue weighted by Crippen LogP contribution is -2.37. The number of carbonyl (C=O) groups excluding carboxylic acids is 1. The van der Waals surface area contributed by atoms with Crippen molar-refractivity contribution in [3.63, 3.8) is 0 Å². The lowest BCUT2D eigenvalue weighted by Gasteiger charge is -2.20. The maximum absolute atomic E-state index is 13.6. The molecule has 3 heterocycles. The highest BCUT2D eigenvalue weighted by Crippen LogP contribution is 2.54. The molecule has 40 heavy (non-hydrogen) atoms. The normalized spacial score (nSPS) is 18.0. The number of nitrogens with one attached hydrogen (secondary N) is 2. The molecule has 2 aromatic carbocycles. The van der Waals surface area contributed by atoms with Crippen LogP contribution in [0.2, 0.25) is 0 Å². The van der Waals surface area contributed by atoms with E-state index in [0.29, 0.717) is 25.2 Å². The van der Waals surface area contributed by atoms with Gasteiger partial charge in [-0.25, -0.2) is 9.97 Å². The van der Waals surface area contributed by atoms with Gasteiger partial charge in [-0.05, 0) is 48.9 Å². The van der Waals surface area contributed by atoms with Crippen LogP contribution in [-0.2, 0) is 23.2 Å². The number of halogens is 2. The van der Waals surface area contributed by atoms with E-state index in [9.17, 15) is 9.59 Å². The van der Waals surface area contributed by atoms with Gasteiger partial charge < -0.3 is 16.4 Å². The lowest BCUT2D eigenvalue weighted by molar-refractivity contribution is -0.124. The highest BCUT2D eigenvalue weighted by Gasteiger charge is 2.57. The summed E-state index contributed by atoms with van der Waals surface area (Å²) in [5.41, 5.74) is 10.1. The number of nitrogens with two attached hydrogens (primary N) is 1. The molecule has 4 aromatic rings. The number of carbonyl (C=O) groups is 1. The average molecular weight is 580 g/mol. The quantitative estimate of drug-likeness (QED) is 0.300. The number of aromatic nitrogens is 3. The molecule has 0 radical (unpaired) electrons. The maximum atomic E-state index is 13.6. The van der Waals surface area contributed by atoms with Gasteiger partial charge in [-0.1, -0.05) is 66.7 Å². The van der Waals surface area contributed by atoms with Crippen molar-refractivity contribution in [1.82, 2.24) is 19.9 Å². The van der Waals surface area contributed by atoms with Crippen LogP contribution in [0, 0.1) is 6.92 Å². The Morgan fingerprint density at radius 1 is 1.02 bits per heavy atom. The van der Waals surface area contributed by atoms with Crippen molar-refractivity contribution in [2.45, 2.75) is 50.2 Å². The van der Waals surface area contributed by atoms with E-state index in [-0.39, 0.29) is 53.6 Å². The molecule has 0 bridgehead atoms. The zero-order chi connectivity index (χ0) is 26.3. The van der Waals surface area contributed by atoms with Crippen molar-refractivity contribution >= 4 is 42.4 Å². The Labute approximate surface area is 245 Å². The summed E-state index contributed by atoms with van der Waals surface area (Å²) < 4.78 is 1.61. The second-order valence-electron chi connectivity index (χ2n) is 10.1. The molecular weight excluding hydrogens is 547 g/mol. The summed E-state index contributed by atoms with van der Waals surface area (Å²) in [6, 6.07) is 23.8. The molecule has 8 nitrogen and oxygen atoms in total. The van der Waals surface area contributed by atoms with Gasteiger partial charge in [-0.2, -0.15) is 0 Å². The van der Waals surface area contributed by atoms with Crippen LogP contribution >= 0.6 is 24.8 Å². The van der Waals surface area contributed by atoms with Crippen LogP contribution in [0.3, 0.4) is 0 Å². The SMILES string of the molecule is Cc1nc(N)ccc1CNC(=O)[C@@H]1CCc2cnc(NC3CC3(c3ccccc3)c3ccccc3)c(=O)n21.Cl.Cl. The molecule has 208 valence electrons. The summed E-state index contributed by atoms with van der Waals surface area (Å²) in [4.78, 5) is 35.5. The van der Waals surface area contributed by atoms with E-state index in [1.165, 1.54) is 11.1 Å². The van der Waals surface area contributed by atoms with Crippen molar-refractivity contribution in [1.29, 1.82) is 0 Å². The summed E-state index contributed by atoms with van der Waals surface area (Å²) in [7, 11) is 0. The van der Waals surface area contributed by atoms with Crippen LogP contribution in [0.4, 0.5) is 11.6 Å². The number of nitrogen functional groups attached to an aromatic ring is 1. The molecule has 0 saturated heterocycles. The summed E-state index contributed by atoms with van der Waals surface area (Å²) in [5.74, 6) is 0.542. The summed E-state index contributed by atoms with van der Waals surface area (Å²) in [6.45, 7) is 2.19. The molecule has 2 atom stereocenters. The van der Waals surface area contributed by atoms with Gasteiger partial charge in [0, 0.05) is 35.6 Å². The number of fused-ring (bicyclic) bond motifs is 1. The van der Waals surface area contributed by atoms with Crippen LogP contribution in [0.25, 0.3) is 0 Å². The average Bonchev–Trinajstić information content (AvgIpc) is 3.49. The first-order valence-corrected chi connectivity index (χ1v) is 12.9. The van der Waals surface area contributed by atoms with Gasteiger partial charge in [0.15, 0.2) is 5.82 Å². The maximum Gasteiger partial charge on any atom is 0.294 e. The smallest absolute Gasteiger partial charge is 0.294 e. The topological polar surface area (TPSA) is 115 Å². The second-order valence-corrected chi connectivity index (χ2v) is 10.1. The first-order valence-electron chi connectivity index (χ1n) is 12.9. The molecule has 6 rings (SSSR count). The third-order valence-electron chi connectivity index (χ3n) is 7.88. The van der Waals surface area contributed by atoms with E-state index < -0.39 is 6.04 Å². The highest BCUT2D eigenvalue weighted by molar-refractivity contribution is 5.85. The molecule has 10 heteroatoms. The fraction of sp³-hybridized carbons (Fsp3) is 0.267. The molecular formula is C30H32Cl2N6O2. The van der Waals surface area contributed by atoms with Crippen molar-refractivity contribution in [2.75, 3.05) is 11.1 Å². The van der Waals surface area contributed by atoms with Gasteiger partial charge in [0.05, 0.1) is 0 Å². The lowest BCUT2D eigenvalue weighted by atomic mass is 9.87. The second kappa shape index (κ2) is 11.7. The third-order valence-corrected chi connectivity index (χ3v) is 7.88. The van der Waals surface area contributed by atoms with Crippen LogP contribution < -0.4 is 21.9 Å². The van der Waals surface area contributed by atoms with Gasteiger partial charge in [-0.3, -0.25) is 14.2 Å². The molecule has 1 fully saturated rings. The van der Waals surface area contributed by atoms with E-state index >= 15 is 0 Å². The third kappa shape index (κ3) is 5.17. The van der Waals surface area contributed by atoms with Crippen LogP contribution in [0.1, 0.15) is 47.0 Å². The minimum atomic E-state index is -0.574. The molecule has 1 aliphatic carbocycles. The Morgan fingerprint density at radius 2 is 1.68 bits per heavy atom. The molecule has 4 N–H and O–H groups in total. The number of aryl methyl sites for hydroxylation is 2. The zero-order valence-corrected chi connectivity index (χ0v) is 23.7. The fourth-order valence-corrected chi connectivity index (χ4v) is 5.76. The minimum Gasteiger partial charge on any atom is -0.384 e. The fourth-order valence-electron chi connectivity index (χ4n) is 5.76. The number of pyridine rings is 1. The van der Waals surface area contributed by atoms with Crippen LogP contribution in [0.15, 0.2) is 83.8 Å². The van der Waals surface area contributed by atoms with E-state index in [1.54, 1.807) is 16.8 Å².